The van der Waals surface area contributed by atoms with Gasteiger partial charge in [0.1, 0.15) is 24.0 Å². The molecule has 0 radical (unpaired) electrons. The van der Waals surface area contributed by atoms with Gasteiger partial charge >= 0.3 is 0 Å². The number of piperazine rings is 1. The quantitative estimate of drug-likeness (QED) is 0.893. The first-order valence-electron chi connectivity index (χ1n) is 7.69. The highest BCUT2D eigenvalue weighted by Gasteiger charge is 2.17. The van der Waals surface area contributed by atoms with Gasteiger partial charge in [0, 0.05) is 45.7 Å². The smallest absolute Gasteiger partial charge is 0.192 e. The van der Waals surface area contributed by atoms with Crippen LogP contribution in [0, 0.1) is 6.92 Å². The largest absolute Gasteiger partial charge is 0.491 e. The van der Waals surface area contributed by atoms with E-state index in [2.05, 4.69) is 21.8 Å². The molecule has 0 saturated carbocycles. The molecule has 0 spiro atoms. The number of aliphatic hydroxyl groups excluding tert-OH is 1. The van der Waals surface area contributed by atoms with E-state index in [0.717, 1.165) is 31.7 Å². The van der Waals surface area contributed by atoms with E-state index in [-0.39, 0.29) is 6.61 Å². The van der Waals surface area contributed by atoms with Gasteiger partial charge in [0.2, 0.25) is 0 Å². The number of nitrogens with zero attached hydrogens (tertiary/aromatic N) is 3. The van der Waals surface area contributed by atoms with Gasteiger partial charge in [-0.05, 0) is 19.2 Å². The van der Waals surface area contributed by atoms with E-state index in [1.165, 1.54) is 0 Å². The summed E-state index contributed by atoms with van der Waals surface area (Å²) < 4.78 is 11.2. The number of ether oxygens (including phenoxy) is 1. The highest BCUT2D eigenvalue weighted by atomic mass is 16.5. The Morgan fingerprint density at radius 1 is 1.32 bits per heavy atom. The average molecular weight is 305 g/mol. The topological polar surface area (TPSA) is 62.0 Å². The highest BCUT2D eigenvalue weighted by Crippen LogP contribution is 2.21. The van der Waals surface area contributed by atoms with Crippen molar-refractivity contribution in [3.63, 3.8) is 0 Å². The predicted molar refractivity (Wildman–Crippen MR) is 84.2 cm³/mol. The first kappa shape index (κ1) is 15.3. The normalized spacial score (nSPS) is 18.7. The van der Waals surface area contributed by atoms with Crippen LogP contribution in [-0.2, 0) is 0 Å². The summed E-state index contributed by atoms with van der Waals surface area (Å²) >= 11 is 0. The molecule has 6 nitrogen and oxygen atoms in total. The molecule has 1 aromatic heterocycles. The van der Waals surface area contributed by atoms with Crippen molar-refractivity contribution in [2.24, 2.45) is 0 Å². The number of aryl methyl sites for hydroxylation is 1. The first-order chi connectivity index (χ1) is 10.6. The molecule has 2 heterocycles. The maximum atomic E-state index is 10.1. The van der Waals surface area contributed by atoms with Gasteiger partial charge in [0.25, 0.3) is 0 Å². The number of likely N-dealkylation sites (N-methyl/N-ethyl adjacent to an activating group) is 1. The number of aromatic nitrogens is 1. The zero-order valence-electron chi connectivity index (χ0n) is 13.2. The van der Waals surface area contributed by atoms with Crippen molar-refractivity contribution >= 4 is 11.1 Å². The van der Waals surface area contributed by atoms with Crippen molar-refractivity contribution in [3.05, 3.63) is 24.1 Å². The maximum absolute atomic E-state index is 10.1. The third-order valence-electron chi connectivity index (χ3n) is 3.97. The van der Waals surface area contributed by atoms with Gasteiger partial charge in [0.15, 0.2) is 11.5 Å². The molecule has 6 heteroatoms. The van der Waals surface area contributed by atoms with E-state index in [1.807, 2.05) is 25.1 Å². The number of benzene rings is 1. The minimum atomic E-state index is -0.490. The van der Waals surface area contributed by atoms with Crippen LogP contribution >= 0.6 is 0 Å². The standard InChI is InChI=1S/C16H23N3O3/c1-12-17-15-4-3-14(9-16(15)22-12)21-11-13(20)10-19-7-5-18(2)6-8-19/h3-4,9,13,20H,5-8,10-11H2,1-2H3. The number of hydrogen-bond acceptors (Lipinski definition) is 6. The van der Waals surface area contributed by atoms with Crippen molar-refractivity contribution in [2.75, 3.05) is 46.4 Å². The number of fused-ring (bicyclic) bond motifs is 1. The number of rotatable bonds is 5. The fourth-order valence-electron chi connectivity index (χ4n) is 2.68. The monoisotopic (exact) mass is 305 g/mol. The molecule has 1 unspecified atom stereocenters. The second-order valence-corrected chi connectivity index (χ2v) is 5.93. The third-order valence-corrected chi connectivity index (χ3v) is 3.97. The summed E-state index contributed by atoms with van der Waals surface area (Å²) in [5.41, 5.74) is 1.53. The van der Waals surface area contributed by atoms with Crippen LogP contribution in [0.3, 0.4) is 0 Å². The Hall–Kier alpha value is -1.63. The van der Waals surface area contributed by atoms with Gasteiger partial charge < -0.3 is 19.2 Å². The second-order valence-electron chi connectivity index (χ2n) is 5.93. The summed E-state index contributed by atoms with van der Waals surface area (Å²) in [4.78, 5) is 8.83. The average Bonchev–Trinajstić information content (AvgIpc) is 2.87. The predicted octanol–water partition coefficient (Wildman–Crippen LogP) is 1.12. The van der Waals surface area contributed by atoms with Crippen LogP contribution in [0.25, 0.3) is 11.1 Å². The molecule has 1 N–H and O–H groups in total. The van der Waals surface area contributed by atoms with Crippen LogP contribution < -0.4 is 4.74 Å². The summed E-state index contributed by atoms with van der Waals surface area (Å²) in [6.45, 7) is 6.85. The van der Waals surface area contributed by atoms with E-state index in [0.29, 0.717) is 23.8 Å². The number of oxazole rings is 1. The van der Waals surface area contributed by atoms with Gasteiger partial charge in [-0.2, -0.15) is 0 Å². The fraction of sp³-hybridized carbons (Fsp3) is 0.562. The van der Waals surface area contributed by atoms with Crippen molar-refractivity contribution in [3.8, 4) is 5.75 Å². The Balaban J connectivity index is 1.50. The summed E-state index contributed by atoms with van der Waals surface area (Å²) in [7, 11) is 2.12. The van der Waals surface area contributed by atoms with E-state index < -0.39 is 6.10 Å². The molecule has 1 fully saturated rings. The summed E-state index contributed by atoms with van der Waals surface area (Å²) in [6, 6.07) is 5.54. The van der Waals surface area contributed by atoms with Crippen LogP contribution in [-0.4, -0.2) is 72.4 Å². The highest BCUT2D eigenvalue weighted by molar-refractivity contribution is 5.74. The van der Waals surface area contributed by atoms with Gasteiger partial charge in [-0.3, -0.25) is 4.90 Å². The van der Waals surface area contributed by atoms with Crippen molar-refractivity contribution < 1.29 is 14.3 Å². The van der Waals surface area contributed by atoms with E-state index in [1.54, 1.807) is 0 Å². The molecule has 0 amide bonds. The Labute approximate surface area is 130 Å². The molecule has 120 valence electrons. The van der Waals surface area contributed by atoms with Crippen LogP contribution in [0.2, 0.25) is 0 Å². The van der Waals surface area contributed by atoms with Gasteiger partial charge in [-0.1, -0.05) is 0 Å². The van der Waals surface area contributed by atoms with E-state index in [4.69, 9.17) is 9.15 Å². The molecular formula is C16H23N3O3. The molecule has 0 bridgehead atoms. The maximum Gasteiger partial charge on any atom is 0.192 e. The van der Waals surface area contributed by atoms with Gasteiger partial charge in [-0.25, -0.2) is 4.98 Å². The SMILES string of the molecule is Cc1nc2ccc(OCC(O)CN3CCN(C)CC3)cc2o1. The zero-order valence-corrected chi connectivity index (χ0v) is 13.2. The van der Waals surface area contributed by atoms with Crippen LogP contribution in [0.5, 0.6) is 5.75 Å². The number of aliphatic hydroxyl groups is 1. The van der Waals surface area contributed by atoms with Crippen LogP contribution in [0.1, 0.15) is 5.89 Å². The number of hydrogen-bond donors (Lipinski definition) is 1. The summed E-state index contributed by atoms with van der Waals surface area (Å²) in [5.74, 6) is 1.34. The lowest BCUT2D eigenvalue weighted by Gasteiger charge is -2.33. The molecule has 1 atom stereocenters. The Morgan fingerprint density at radius 2 is 2.09 bits per heavy atom. The minimum absolute atomic E-state index is 0.283. The summed E-state index contributed by atoms with van der Waals surface area (Å²) in [5, 5.41) is 10.1. The molecular weight excluding hydrogens is 282 g/mol. The van der Waals surface area contributed by atoms with Crippen molar-refractivity contribution in [1.29, 1.82) is 0 Å². The number of β-amino-alcohol motifs (C(OH)–C–C–N with tert-alkyl or cyclic N) is 1. The third kappa shape index (κ3) is 3.76. The Kier molecular flexibility index (Phi) is 4.61. The first-order valence-corrected chi connectivity index (χ1v) is 7.69. The van der Waals surface area contributed by atoms with Crippen molar-refractivity contribution in [1.82, 2.24) is 14.8 Å². The summed E-state index contributed by atoms with van der Waals surface area (Å²) in [6.07, 6.45) is -0.490. The molecule has 2 aromatic rings. The molecule has 1 aromatic carbocycles. The second kappa shape index (κ2) is 6.64. The fourth-order valence-corrected chi connectivity index (χ4v) is 2.68. The molecule has 1 aliphatic heterocycles. The zero-order chi connectivity index (χ0) is 15.5. The Bertz CT molecular complexity index is 620. The molecule has 1 aliphatic rings. The molecule has 22 heavy (non-hydrogen) atoms. The molecule has 1 saturated heterocycles. The van der Waals surface area contributed by atoms with E-state index in [9.17, 15) is 5.11 Å². The van der Waals surface area contributed by atoms with Crippen molar-refractivity contribution in [2.45, 2.75) is 13.0 Å². The van der Waals surface area contributed by atoms with Crippen LogP contribution in [0.4, 0.5) is 0 Å². The minimum Gasteiger partial charge on any atom is -0.491 e. The molecule has 0 aliphatic carbocycles. The van der Waals surface area contributed by atoms with Gasteiger partial charge in [-0.15, -0.1) is 0 Å². The lowest BCUT2D eigenvalue weighted by atomic mass is 10.2. The Morgan fingerprint density at radius 3 is 2.86 bits per heavy atom. The lowest BCUT2D eigenvalue weighted by molar-refractivity contribution is 0.0505. The van der Waals surface area contributed by atoms with Gasteiger partial charge in [0.05, 0.1) is 0 Å². The van der Waals surface area contributed by atoms with Crippen LogP contribution in [0.15, 0.2) is 22.6 Å². The lowest BCUT2D eigenvalue weighted by Crippen LogP contribution is -2.47. The molecule has 3 rings (SSSR count). The van der Waals surface area contributed by atoms with E-state index >= 15 is 0 Å².